The molecule has 0 N–H and O–H groups in total. The van der Waals surface area contributed by atoms with Gasteiger partial charge < -0.3 is 9.64 Å². The maximum absolute atomic E-state index is 5.04. The Bertz CT molecular complexity index is 155. The number of likely N-dealkylation sites (N-methyl/N-ethyl adjacent to an activating group) is 1. The Morgan fingerprint density at radius 2 is 2.15 bits per heavy atom. The van der Waals surface area contributed by atoms with E-state index in [1.165, 1.54) is 5.57 Å². The molecule has 2 nitrogen and oxygen atoms in total. The van der Waals surface area contributed by atoms with Crippen LogP contribution in [0.4, 0.5) is 0 Å². The summed E-state index contributed by atoms with van der Waals surface area (Å²) in [6.07, 6.45) is 2.23. The maximum Gasteiger partial charge on any atom is 0.0600 e. The fourth-order valence-electron chi connectivity index (χ4n) is 0.985. The summed E-state index contributed by atoms with van der Waals surface area (Å²) in [5.41, 5.74) is 1.37. The normalized spacial score (nSPS) is 13.1. The lowest BCUT2D eigenvalue weighted by atomic mass is 10.3. The van der Waals surface area contributed by atoms with E-state index >= 15 is 0 Å². The van der Waals surface area contributed by atoms with Crippen LogP contribution in [0.25, 0.3) is 0 Å². The predicted octanol–water partition coefficient (Wildman–Crippen LogP) is 2.29. The fourth-order valence-corrected chi connectivity index (χ4v) is 1.74. The average Bonchev–Trinajstić information content (AvgIpc) is 2.01. The molecule has 0 aliphatic rings. The van der Waals surface area contributed by atoms with E-state index in [0.29, 0.717) is 4.83 Å². The zero-order valence-electron chi connectivity index (χ0n) is 9.01. The van der Waals surface area contributed by atoms with E-state index in [9.17, 15) is 0 Å². The monoisotopic (exact) mass is 249 g/mol. The number of ether oxygens (including phenoxy) is 1. The number of hydrogen-bond donors (Lipinski definition) is 0. The molecule has 1 atom stereocenters. The van der Waals surface area contributed by atoms with Crippen molar-refractivity contribution in [2.75, 3.05) is 33.9 Å². The Hall–Kier alpha value is 0.140. The van der Waals surface area contributed by atoms with Crippen LogP contribution in [0.2, 0.25) is 0 Å². The van der Waals surface area contributed by atoms with Crippen molar-refractivity contribution in [1.29, 1.82) is 0 Å². The molecule has 0 heterocycles. The standard InChI is InChI=1S/C10H20BrNO/c1-9(2)5-6-12(3)7-10(11)8-13-4/h5,10H,6-8H2,1-4H3. The van der Waals surface area contributed by atoms with E-state index in [1.807, 2.05) is 0 Å². The van der Waals surface area contributed by atoms with Gasteiger partial charge >= 0.3 is 0 Å². The van der Waals surface area contributed by atoms with E-state index < -0.39 is 0 Å². The smallest absolute Gasteiger partial charge is 0.0600 e. The molecule has 78 valence electrons. The largest absolute Gasteiger partial charge is 0.383 e. The van der Waals surface area contributed by atoms with Crippen LogP contribution in [-0.2, 0) is 4.74 Å². The average molecular weight is 250 g/mol. The highest BCUT2D eigenvalue weighted by atomic mass is 79.9. The van der Waals surface area contributed by atoms with Crippen LogP contribution in [-0.4, -0.2) is 43.6 Å². The molecule has 0 aromatic rings. The summed E-state index contributed by atoms with van der Waals surface area (Å²) < 4.78 is 5.04. The summed E-state index contributed by atoms with van der Waals surface area (Å²) >= 11 is 3.56. The van der Waals surface area contributed by atoms with Gasteiger partial charge in [0.2, 0.25) is 0 Å². The number of allylic oxidation sites excluding steroid dienone is 1. The Balaban J connectivity index is 3.61. The molecule has 0 aromatic carbocycles. The summed E-state index contributed by atoms with van der Waals surface area (Å²) in [7, 11) is 3.84. The maximum atomic E-state index is 5.04. The molecule has 0 radical (unpaired) electrons. The molecule has 0 saturated carbocycles. The summed E-state index contributed by atoms with van der Waals surface area (Å²) in [4.78, 5) is 2.69. The van der Waals surface area contributed by atoms with Crippen molar-refractivity contribution in [3.8, 4) is 0 Å². The molecule has 0 aliphatic heterocycles. The minimum Gasteiger partial charge on any atom is -0.383 e. The van der Waals surface area contributed by atoms with Crippen LogP contribution in [0.5, 0.6) is 0 Å². The van der Waals surface area contributed by atoms with Gasteiger partial charge in [0, 0.05) is 20.2 Å². The third kappa shape index (κ3) is 8.47. The molecule has 1 unspecified atom stereocenters. The second-order valence-corrected chi connectivity index (χ2v) is 4.85. The van der Waals surface area contributed by atoms with Gasteiger partial charge in [0.25, 0.3) is 0 Å². The molecule has 3 heteroatoms. The molecule has 0 fully saturated rings. The number of halogens is 1. The van der Waals surface area contributed by atoms with E-state index in [2.05, 4.69) is 47.8 Å². The van der Waals surface area contributed by atoms with Gasteiger partial charge in [0.1, 0.15) is 0 Å². The van der Waals surface area contributed by atoms with Crippen LogP contribution in [0.15, 0.2) is 11.6 Å². The number of rotatable bonds is 6. The Morgan fingerprint density at radius 1 is 1.54 bits per heavy atom. The first-order valence-corrected chi connectivity index (χ1v) is 5.42. The van der Waals surface area contributed by atoms with Crippen LogP contribution in [0.1, 0.15) is 13.8 Å². The first-order valence-electron chi connectivity index (χ1n) is 4.51. The van der Waals surface area contributed by atoms with Gasteiger partial charge in [-0.25, -0.2) is 0 Å². The Morgan fingerprint density at radius 3 is 2.62 bits per heavy atom. The van der Waals surface area contributed by atoms with E-state index in [0.717, 1.165) is 19.7 Å². The van der Waals surface area contributed by atoms with Crippen LogP contribution < -0.4 is 0 Å². The molecule has 0 aromatic heterocycles. The highest BCUT2D eigenvalue weighted by molar-refractivity contribution is 9.09. The first kappa shape index (κ1) is 13.1. The molecule has 0 saturated heterocycles. The van der Waals surface area contributed by atoms with E-state index in [-0.39, 0.29) is 0 Å². The zero-order valence-corrected chi connectivity index (χ0v) is 10.6. The Kier molecular flexibility index (Phi) is 7.62. The van der Waals surface area contributed by atoms with Gasteiger partial charge in [-0.1, -0.05) is 27.6 Å². The third-order valence-corrected chi connectivity index (χ3v) is 2.22. The molecule has 0 bridgehead atoms. The predicted molar refractivity (Wildman–Crippen MR) is 61.5 cm³/mol. The van der Waals surface area contributed by atoms with Crippen molar-refractivity contribution >= 4 is 15.9 Å². The quantitative estimate of drug-likeness (QED) is 0.529. The molecule has 13 heavy (non-hydrogen) atoms. The van der Waals surface area contributed by atoms with E-state index in [1.54, 1.807) is 7.11 Å². The summed E-state index contributed by atoms with van der Waals surface area (Å²) in [5, 5.41) is 0. The SMILES string of the molecule is COCC(Br)CN(C)CC=C(C)C. The number of alkyl halides is 1. The van der Waals surface area contributed by atoms with Crippen LogP contribution in [0, 0.1) is 0 Å². The fraction of sp³-hybridized carbons (Fsp3) is 0.800. The molecule has 0 spiro atoms. The lowest BCUT2D eigenvalue weighted by Crippen LogP contribution is -2.28. The van der Waals surface area contributed by atoms with Crippen molar-refractivity contribution in [3.63, 3.8) is 0 Å². The van der Waals surface area contributed by atoms with Gasteiger partial charge in [-0.3, -0.25) is 0 Å². The number of nitrogens with zero attached hydrogens (tertiary/aromatic N) is 1. The van der Waals surface area contributed by atoms with Crippen molar-refractivity contribution in [2.24, 2.45) is 0 Å². The van der Waals surface area contributed by atoms with Crippen molar-refractivity contribution in [3.05, 3.63) is 11.6 Å². The van der Waals surface area contributed by atoms with Gasteiger partial charge in [-0.2, -0.15) is 0 Å². The summed E-state index contributed by atoms with van der Waals surface area (Å²) in [5.74, 6) is 0. The second kappa shape index (κ2) is 7.54. The lowest BCUT2D eigenvalue weighted by molar-refractivity contribution is 0.188. The minimum atomic E-state index is 0.424. The highest BCUT2D eigenvalue weighted by Gasteiger charge is 2.05. The second-order valence-electron chi connectivity index (χ2n) is 3.56. The zero-order chi connectivity index (χ0) is 10.3. The topological polar surface area (TPSA) is 12.5 Å². The number of hydrogen-bond acceptors (Lipinski definition) is 2. The van der Waals surface area contributed by atoms with Gasteiger partial charge in [0.15, 0.2) is 0 Å². The van der Waals surface area contributed by atoms with Crippen molar-refractivity contribution in [2.45, 2.75) is 18.7 Å². The molecular formula is C10H20BrNO. The summed E-state index contributed by atoms with van der Waals surface area (Å²) in [6.45, 7) is 7.02. The highest BCUT2D eigenvalue weighted by Crippen LogP contribution is 2.02. The van der Waals surface area contributed by atoms with Gasteiger partial charge in [0.05, 0.1) is 11.4 Å². The molecule has 0 amide bonds. The van der Waals surface area contributed by atoms with E-state index in [4.69, 9.17) is 4.74 Å². The van der Waals surface area contributed by atoms with Crippen LogP contribution >= 0.6 is 15.9 Å². The lowest BCUT2D eigenvalue weighted by Gasteiger charge is -2.18. The van der Waals surface area contributed by atoms with Crippen molar-refractivity contribution in [1.82, 2.24) is 4.90 Å². The first-order chi connectivity index (χ1) is 6.06. The Labute approximate surface area is 90.1 Å². The minimum absolute atomic E-state index is 0.424. The molecule has 0 rings (SSSR count). The van der Waals surface area contributed by atoms with Gasteiger partial charge in [-0.15, -0.1) is 0 Å². The van der Waals surface area contributed by atoms with Gasteiger partial charge in [-0.05, 0) is 20.9 Å². The molecular weight excluding hydrogens is 230 g/mol. The summed E-state index contributed by atoms with van der Waals surface area (Å²) in [6, 6.07) is 0. The molecule has 0 aliphatic carbocycles. The number of methoxy groups -OCH3 is 1. The van der Waals surface area contributed by atoms with Crippen molar-refractivity contribution < 1.29 is 4.74 Å². The van der Waals surface area contributed by atoms with Crippen LogP contribution in [0.3, 0.4) is 0 Å². The third-order valence-electron chi connectivity index (χ3n) is 1.67.